The number of carbonyl (C=O) groups excluding carboxylic acids is 1. The summed E-state index contributed by atoms with van der Waals surface area (Å²) in [6, 6.07) is 9.22. The highest BCUT2D eigenvalue weighted by molar-refractivity contribution is 6.32. The van der Waals surface area contributed by atoms with E-state index in [0.717, 1.165) is 5.56 Å². The standard InChI is InChI=1S/C14H10ClNO4/c1-9-5-6-13(12(7-9)16(18)19)20-14-10(8-17)3-2-4-11(14)15/h2-8H,1H3. The van der Waals surface area contributed by atoms with Gasteiger partial charge in [-0.05, 0) is 30.7 Å². The molecule has 0 aliphatic carbocycles. The van der Waals surface area contributed by atoms with Crippen LogP contribution in [-0.2, 0) is 0 Å². The van der Waals surface area contributed by atoms with Gasteiger partial charge in [0.25, 0.3) is 0 Å². The predicted octanol–water partition coefficient (Wildman–Crippen LogP) is 4.16. The second-order valence-electron chi connectivity index (χ2n) is 4.11. The summed E-state index contributed by atoms with van der Waals surface area (Å²) < 4.78 is 5.47. The number of aldehydes is 1. The minimum Gasteiger partial charge on any atom is -0.448 e. The van der Waals surface area contributed by atoms with Crippen LogP contribution in [0.5, 0.6) is 11.5 Å². The zero-order valence-corrected chi connectivity index (χ0v) is 11.3. The Morgan fingerprint density at radius 1 is 1.30 bits per heavy atom. The van der Waals surface area contributed by atoms with E-state index in [9.17, 15) is 14.9 Å². The molecule has 102 valence electrons. The van der Waals surface area contributed by atoms with E-state index in [0.29, 0.717) is 6.29 Å². The zero-order chi connectivity index (χ0) is 14.7. The molecule has 0 unspecified atom stereocenters. The number of ether oxygens (including phenoxy) is 1. The van der Waals surface area contributed by atoms with Crippen molar-refractivity contribution in [2.45, 2.75) is 6.92 Å². The average Bonchev–Trinajstić information content (AvgIpc) is 2.42. The lowest BCUT2D eigenvalue weighted by atomic mass is 10.2. The predicted molar refractivity (Wildman–Crippen MR) is 74.7 cm³/mol. The molecule has 0 N–H and O–H groups in total. The van der Waals surface area contributed by atoms with Crippen LogP contribution in [0.25, 0.3) is 0 Å². The molecular formula is C14H10ClNO4. The molecule has 0 aliphatic heterocycles. The highest BCUT2D eigenvalue weighted by atomic mass is 35.5. The van der Waals surface area contributed by atoms with Crippen molar-refractivity contribution in [3.05, 3.63) is 62.7 Å². The Morgan fingerprint density at radius 2 is 2.05 bits per heavy atom. The van der Waals surface area contributed by atoms with E-state index in [1.54, 1.807) is 25.1 Å². The largest absolute Gasteiger partial charge is 0.448 e. The number of hydrogen-bond acceptors (Lipinski definition) is 4. The lowest BCUT2D eigenvalue weighted by Crippen LogP contribution is -1.96. The van der Waals surface area contributed by atoms with Crippen molar-refractivity contribution >= 4 is 23.6 Å². The number of halogens is 1. The van der Waals surface area contributed by atoms with E-state index < -0.39 is 4.92 Å². The van der Waals surface area contributed by atoms with Crippen LogP contribution in [0, 0.1) is 17.0 Å². The number of aryl methyl sites for hydroxylation is 1. The van der Waals surface area contributed by atoms with Crippen molar-refractivity contribution in [2.75, 3.05) is 0 Å². The number of nitro groups is 1. The lowest BCUT2D eigenvalue weighted by molar-refractivity contribution is -0.385. The maximum Gasteiger partial charge on any atom is 0.311 e. The summed E-state index contributed by atoms with van der Waals surface area (Å²) in [6.07, 6.45) is 0.585. The Labute approximate surface area is 119 Å². The van der Waals surface area contributed by atoms with Crippen LogP contribution < -0.4 is 4.74 Å². The second kappa shape index (κ2) is 5.71. The normalized spacial score (nSPS) is 10.1. The molecule has 0 aromatic heterocycles. The van der Waals surface area contributed by atoms with Gasteiger partial charge in [0.15, 0.2) is 12.0 Å². The summed E-state index contributed by atoms with van der Waals surface area (Å²) >= 11 is 5.97. The van der Waals surface area contributed by atoms with Gasteiger partial charge in [-0.2, -0.15) is 0 Å². The molecule has 0 bridgehead atoms. The van der Waals surface area contributed by atoms with Gasteiger partial charge in [-0.3, -0.25) is 14.9 Å². The van der Waals surface area contributed by atoms with Crippen molar-refractivity contribution < 1.29 is 14.5 Å². The van der Waals surface area contributed by atoms with Gasteiger partial charge in [0.05, 0.1) is 15.5 Å². The molecule has 0 heterocycles. The van der Waals surface area contributed by atoms with Crippen LogP contribution in [0.4, 0.5) is 5.69 Å². The molecule has 0 spiro atoms. The molecule has 0 radical (unpaired) electrons. The Kier molecular flexibility index (Phi) is 4.00. The minimum absolute atomic E-state index is 0.0387. The first kappa shape index (κ1) is 14.0. The van der Waals surface area contributed by atoms with E-state index in [-0.39, 0.29) is 27.8 Å². The van der Waals surface area contributed by atoms with Crippen LogP contribution in [0.2, 0.25) is 5.02 Å². The molecule has 20 heavy (non-hydrogen) atoms. The SMILES string of the molecule is Cc1ccc(Oc2c(Cl)cccc2C=O)c([N+](=O)[O-])c1. The Bertz CT molecular complexity index is 685. The van der Waals surface area contributed by atoms with Gasteiger partial charge in [0, 0.05) is 6.07 Å². The van der Waals surface area contributed by atoms with Crippen LogP contribution in [0.15, 0.2) is 36.4 Å². The van der Waals surface area contributed by atoms with Crippen molar-refractivity contribution in [3.8, 4) is 11.5 Å². The second-order valence-corrected chi connectivity index (χ2v) is 4.51. The molecule has 0 atom stereocenters. The maximum absolute atomic E-state index is 11.0. The van der Waals surface area contributed by atoms with Crippen LogP contribution in [0.1, 0.15) is 15.9 Å². The first-order valence-corrected chi connectivity index (χ1v) is 6.07. The highest BCUT2D eigenvalue weighted by Crippen LogP contribution is 2.36. The zero-order valence-electron chi connectivity index (χ0n) is 10.5. The molecular weight excluding hydrogens is 282 g/mol. The molecule has 0 aliphatic rings. The maximum atomic E-state index is 11.0. The minimum atomic E-state index is -0.542. The summed E-state index contributed by atoms with van der Waals surface area (Å²) in [4.78, 5) is 21.5. The van der Waals surface area contributed by atoms with E-state index in [1.807, 2.05) is 0 Å². The molecule has 5 nitrogen and oxygen atoms in total. The smallest absolute Gasteiger partial charge is 0.311 e. The van der Waals surface area contributed by atoms with Crippen molar-refractivity contribution in [1.82, 2.24) is 0 Å². The van der Waals surface area contributed by atoms with Gasteiger partial charge in [0.1, 0.15) is 0 Å². The summed E-state index contributed by atoms with van der Waals surface area (Å²) in [5, 5.41) is 11.2. The third kappa shape index (κ3) is 2.78. The monoisotopic (exact) mass is 291 g/mol. The van der Waals surface area contributed by atoms with Crippen molar-refractivity contribution in [2.24, 2.45) is 0 Å². The third-order valence-corrected chi connectivity index (χ3v) is 2.95. The molecule has 2 rings (SSSR count). The molecule has 2 aromatic carbocycles. The number of hydrogen-bond donors (Lipinski definition) is 0. The Morgan fingerprint density at radius 3 is 2.70 bits per heavy atom. The summed E-state index contributed by atoms with van der Waals surface area (Å²) in [7, 11) is 0. The molecule has 2 aromatic rings. The summed E-state index contributed by atoms with van der Waals surface area (Å²) in [5.74, 6) is 0.146. The number of carbonyl (C=O) groups is 1. The summed E-state index contributed by atoms with van der Waals surface area (Å²) in [6.45, 7) is 1.74. The molecule has 0 fully saturated rings. The van der Waals surface area contributed by atoms with E-state index in [4.69, 9.17) is 16.3 Å². The fourth-order valence-corrected chi connectivity index (χ4v) is 1.91. The first-order valence-electron chi connectivity index (χ1n) is 5.69. The van der Waals surface area contributed by atoms with Crippen LogP contribution in [-0.4, -0.2) is 11.2 Å². The van der Waals surface area contributed by atoms with Gasteiger partial charge >= 0.3 is 5.69 Å². The fourth-order valence-electron chi connectivity index (χ4n) is 1.69. The quantitative estimate of drug-likeness (QED) is 0.482. The molecule has 0 amide bonds. The van der Waals surface area contributed by atoms with Gasteiger partial charge in [-0.25, -0.2) is 0 Å². The fraction of sp³-hybridized carbons (Fsp3) is 0.0714. The highest BCUT2D eigenvalue weighted by Gasteiger charge is 2.18. The van der Waals surface area contributed by atoms with Gasteiger partial charge in [-0.1, -0.05) is 23.7 Å². The lowest BCUT2D eigenvalue weighted by Gasteiger charge is -2.10. The topological polar surface area (TPSA) is 69.4 Å². The van der Waals surface area contributed by atoms with Gasteiger partial charge in [0.2, 0.25) is 5.75 Å². The Hall–Kier alpha value is -2.40. The summed E-state index contributed by atoms with van der Waals surface area (Å²) in [5.41, 5.74) is 0.785. The van der Waals surface area contributed by atoms with Crippen LogP contribution >= 0.6 is 11.6 Å². The number of para-hydroxylation sites is 1. The van der Waals surface area contributed by atoms with Crippen molar-refractivity contribution in [1.29, 1.82) is 0 Å². The number of rotatable bonds is 4. The number of nitrogens with zero attached hydrogens (tertiary/aromatic N) is 1. The van der Waals surface area contributed by atoms with Gasteiger partial charge in [-0.15, -0.1) is 0 Å². The molecule has 0 saturated heterocycles. The van der Waals surface area contributed by atoms with Crippen molar-refractivity contribution in [3.63, 3.8) is 0 Å². The van der Waals surface area contributed by atoms with E-state index in [1.165, 1.54) is 18.2 Å². The first-order chi connectivity index (χ1) is 9.52. The Balaban J connectivity index is 2.50. The average molecular weight is 292 g/mol. The van der Waals surface area contributed by atoms with E-state index >= 15 is 0 Å². The van der Waals surface area contributed by atoms with E-state index in [2.05, 4.69) is 0 Å². The third-order valence-electron chi connectivity index (χ3n) is 2.65. The number of benzene rings is 2. The number of nitro benzene ring substituents is 1. The molecule has 0 saturated carbocycles. The molecule has 6 heteroatoms. The van der Waals surface area contributed by atoms with Crippen LogP contribution in [0.3, 0.4) is 0 Å². The van der Waals surface area contributed by atoms with Gasteiger partial charge < -0.3 is 4.74 Å².